The van der Waals surface area contributed by atoms with Gasteiger partial charge in [0.25, 0.3) is 5.91 Å². The molecule has 0 saturated carbocycles. The van der Waals surface area contributed by atoms with Crippen LogP contribution in [0.1, 0.15) is 28.4 Å². The predicted molar refractivity (Wildman–Crippen MR) is 79.8 cm³/mol. The normalized spacial score (nSPS) is 11.9. The Bertz CT molecular complexity index is 554. The van der Waals surface area contributed by atoms with Gasteiger partial charge in [0.05, 0.1) is 6.10 Å². The largest absolute Gasteiger partial charge is 0.388 e. The van der Waals surface area contributed by atoms with E-state index in [1.54, 1.807) is 24.3 Å². The lowest BCUT2D eigenvalue weighted by molar-refractivity contribution is 0.0942. The van der Waals surface area contributed by atoms with Crippen molar-refractivity contribution in [3.05, 3.63) is 70.7 Å². The summed E-state index contributed by atoms with van der Waals surface area (Å²) in [6.07, 6.45) is -0.0923. The number of halogens is 1. The summed E-state index contributed by atoms with van der Waals surface area (Å²) in [4.78, 5) is 11.8. The van der Waals surface area contributed by atoms with Crippen molar-refractivity contribution < 1.29 is 9.90 Å². The maximum Gasteiger partial charge on any atom is 0.251 e. The number of amides is 1. The molecule has 2 rings (SSSR count). The zero-order valence-corrected chi connectivity index (χ0v) is 11.7. The number of aliphatic hydroxyl groups is 1. The molecule has 0 saturated heterocycles. The number of carbonyl (C=O) groups is 1. The second-order valence-electron chi connectivity index (χ2n) is 4.48. The number of hydrogen-bond donors (Lipinski definition) is 2. The molecular formula is C16H16ClNO2. The molecule has 20 heavy (non-hydrogen) atoms. The fourth-order valence-electron chi connectivity index (χ4n) is 1.87. The van der Waals surface area contributed by atoms with Crippen molar-refractivity contribution in [3.8, 4) is 0 Å². The second-order valence-corrected chi connectivity index (χ2v) is 4.91. The van der Waals surface area contributed by atoms with Crippen LogP contribution in [0.15, 0.2) is 54.6 Å². The van der Waals surface area contributed by atoms with Crippen LogP contribution in [0.2, 0.25) is 5.02 Å². The number of nitrogens with one attached hydrogen (secondary N) is 1. The first kappa shape index (κ1) is 14.6. The average molecular weight is 290 g/mol. The predicted octanol–water partition coefficient (Wildman–Crippen LogP) is 3.19. The molecule has 2 aromatic carbocycles. The van der Waals surface area contributed by atoms with E-state index in [1.807, 2.05) is 30.3 Å². The molecule has 104 valence electrons. The number of carbonyl (C=O) groups excluding carboxylic acids is 1. The van der Waals surface area contributed by atoms with Crippen LogP contribution in [0.4, 0.5) is 0 Å². The third-order valence-electron chi connectivity index (χ3n) is 2.99. The van der Waals surface area contributed by atoms with Gasteiger partial charge in [-0.2, -0.15) is 0 Å². The Morgan fingerprint density at radius 3 is 2.40 bits per heavy atom. The lowest BCUT2D eigenvalue weighted by Gasteiger charge is -2.11. The lowest BCUT2D eigenvalue weighted by atomic mass is 10.1. The van der Waals surface area contributed by atoms with E-state index in [0.717, 1.165) is 5.56 Å². The number of hydrogen-bond acceptors (Lipinski definition) is 2. The summed E-state index contributed by atoms with van der Waals surface area (Å²) in [7, 11) is 0. The molecule has 0 spiro atoms. The Morgan fingerprint density at radius 2 is 1.75 bits per heavy atom. The highest BCUT2D eigenvalue weighted by Gasteiger charge is 2.08. The summed E-state index contributed by atoms with van der Waals surface area (Å²) in [5.41, 5.74) is 1.41. The van der Waals surface area contributed by atoms with Gasteiger partial charge in [0.15, 0.2) is 0 Å². The third-order valence-corrected chi connectivity index (χ3v) is 3.25. The molecule has 3 nitrogen and oxygen atoms in total. The van der Waals surface area contributed by atoms with Crippen LogP contribution in [-0.2, 0) is 0 Å². The molecule has 2 aromatic rings. The van der Waals surface area contributed by atoms with Crippen LogP contribution in [0.25, 0.3) is 0 Å². The first-order valence-electron chi connectivity index (χ1n) is 6.43. The van der Waals surface area contributed by atoms with Crippen molar-refractivity contribution in [1.82, 2.24) is 5.32 Å². The van der Waals surface area contributed by atoms with Gasteiger partial charge in [0.2, 0.25) is 0 Å². The highest BCUT2D eigenvalue weighted by atomic mass is 35.5. The van der Waals surface area contributed by atoms with Gasteiger partial charge in [-0.15, -0.1) is 0 Å². The monoisotopic (exact) mass is 289 g/mol. The average Bonchev–Trinajstić information content (AvgIpc) is 2.48. The highest BCUT2D eigenvalue weighted by Crippen LogP contribution is 2.15. The summed E-state index contributed by atoms with van der Waals surface area (Å²) in [5.74, 6) is -0.165. The van der Waals surface area contributed by atoms with Crippen molar-refractivity contribution in [2.45, 2.75) is 12.5 Å². The van der Waals surface area contributed by atoms with E-state index in [1.165, 1.54) is 0 Å². The molecule has 0 heterocycles. The molecule has 4 heteroatoms. The first-order valence-corrected chi connectivity index (χ1v) is 6.81. The van der Waals surface area contributed by atoms with Gasteiger partial charge >= 0.3 is 0 Å². The van der Waals surface area contributed by atoms with E-state index >= 15 is 0 Å². The SMILES string of the molecule is O=C(NCCC(O)c1ccccc1)c1ccc(Cl)cc1. The Balaban J connectivity index is 1.81. The minimum Gasteiger partial charge on any atom is -0.388 e. The van der Waals surface area contributed by atoms with Gasteiger partial charge in [-0.05, 0) is 36.2 Å². The van der Waals surface area contributed by atoms with Crippen LogP contribution in [0, 0.1) is 0 Å². The van der Waals surface area contributed by atoms with Crippen molar-refractivity contribution in [3.63, 3.8) is 0 Å². The maximum atomic E-state index is 11.8. The molecule has 1 unspecified atom stereocenters. The summed E-state index contributed by atoms with van der Waals surface area (Å²) in [5, 5.41) is 13.3. The topological polar surface area (TPSA) is 49.3 Å². The molecule has 0 aromatic heterocycles. The highest BCUT2D eigenvalue weighted by molar-refractivity contribution is 6.30. The minimum absolute atomic E-state index is 0.165. The summed E-state index contributed by atoms with van der Waals surface area (Å²) in [6, 6.07) is 16.1. The number of benzene rings is 2. The van der Waals surface area contributed by atoms with Gasteiger partial charge in [-0.3, -0.25) is 4.79 Å². The van der Waals surface area contributed by atoms with Crippen LogP contribution < -0.4 is 5.32 Å². The van der Waals surface area contributed by atoms with E-state index in [-0.39, 0.29) is 5.91 Å². The van der Waals surface area contributed by atoms with E-state index < -0.39 is 6.10 Å². The van der Waals surface area contributed by atoms with Crippen LogP contribution >= 0.6 is 11.6 Å². The molecule has 0 bridgehead atoms. The molecule has 0 fully saturated rings. The van der Waals surface area contributed by atoms with Gasteiger partial charge < -0.3 is 10.4 Å². The molecule has 1 atom stereocenters. The van der Waals surface area contributed by atoms with E-state index in [9.17, 15) is 9.90 Å². The smallest absolute Gasteiger partial charge is 0.251 e. The molecular weight excluding hydrogens is 274 g/mol. The van der Waals surface area contributed by atoms with E-state index in [2.05, 4.69) is 5.32 Å². The van der Waals surface area contributed by atoms with Crippen molar-refractivity contribution >= 4 is 17.5 Å². The minimum atomic E-state index is -0.568. The van der Waals surface area contributed by atoms with Crippen LogP contribution in [-0.4, -0.2) is 17.6 Å². The molecule has 1 amide bonds. The van der Waals surface area contributed by atoms with Gasteiger partial charge in [-0.25, -0.2) is 0 Å². The van der Waals surface area contributed by atoms with Gasteiger partial charge in [0.1, 0.15) is 0 Å². The van der Waals surface area contributed by atoms with Gasteiger partial charge in [-0.1, -0.05) is 41.9 Å². The van der Waals surface area contributed by atoms with Crippen LogP contribution in [0.5, 0.6) is 0 Å². The summed E-state index contributed by atoms with van der Waals surface area (Å²) < 4.78 is 0. The van der Waals surface area contributed by atoms with Gasteiger partial charge in [0, 0.05) is 17.1 Å². The van der Waals surface area contributed by atoms with E-state index in [4.69, 9.17) is 11.6 Å². The number of aliphatic hydroxyl groups excluding tert-OH is 1. The standard InChI is InChI=1S/C16H16ClNO2/c17-14-8-6-13(7-9-14)16(20)18-11-10-15(19)12-4-2-1-3-5-12/h1-9,15,19H,10-11H2,(H,18,20). The Hall–Kier alpha value is -1.84. The van der Waals surface area contributed by atoms with E-state index in [0.29, 0.717) is 23.6 Å². The van der Waals surface area contributed by atoms with Crippen molar-refractivity contribution in [1.29, 1.82) is 0 Å². The zero-order valence-electron chi connectivity index (χ0n) is 10.9. The van der Waals surface area contributed by atoms with Crippen molar-refractivity contribution in [2.75, 3.05) is 6.54 Å². The fourth-order valence-corrected chi connectivity index (χ4v) is 1.99. The quantitative estimate of drug-likeness (QED) is 0.888. The first-order chi connectivity index (χ1) is 9.66. The Kier molecular flexibility index (Phi) is 5.16. The fraction of sp³-hybridized carbons (Fsp3) is 0.188. The lowest BCUT2D eigenvalue weighted by Crippen LogP contribution is -2.25. The number of rotatable bonds is 5. The van der Waals surface area contributed by atoms with Crippen molar-refractivity contribution in [2.24, 2.45) is 0 Å². The summed E-state index contributed by atoms with van der Waals surface area (Å²) in [6.45, 7) is 0.414. The maximum absolute atomic E-state index is 11.8. The zero-order chi connectivity index (χ0) is 14.4. The Labute approximate surface area is 123 Å². The molecule has 0 aliphatic carbocycles. The molecule has 0 radical (unpaired) electrons. The molecule has 2 N–H and O–H groups in total. The van der Waals surface area contributed by atoms with Crippen LogP contribution in [0.3, 0.4) is 0 Å². The summed E-state index contributed by atoms with van der Waals surface area (Å²) >= 11 is 5.77. The third kappa shape index (κ3) is 4.08. The second kappa shape index (κ2) is 7.08. The Morgan fingerprint density at radius 1 is 1.10 bits per heavy atom. The molecule has 0 aliphatic heterocycles. The molecule has 0 aliphatic rings.